The molecule has 0 aromatic heterocycles. The van der Waals surface area contributed by atoms with Gasteiger partial charge in [0.1, 0.15) is 6.61 Å². The lowest BCUT2D eigenvalue weighted by molar-refractivity contribution is -0.161. The predicted octanol–water partition coefficient (Wildman–Crippen LogP) is 14.6. The number of phosphoric acid groups is 1. The quantitative estimate of drug-likeness (QED) is 0.0270. The van der Waals surface area contributed by atoms with E-state index >= 15 is 0 Å². The molecule has 1 atom stereocenters. The van der Waals surface area contributed by atoms with Gasteiger partial charge in [-0.1, -0.05) is 183 Å². The van der Waals surface area contributed by atoms with Crippen molar-refractivity contribution in [3.63, 3.8) is 0 Å². The van der Waals surface area contributed by atoms with E-state index in [1.54, 1.807) is 0 Å². The van der Waals surface area contributed by atoms with Crippen LogP contribution >= 0.6 is 7.82 Å². The van der Waals surface area contributed by atoms with Gasteiger partial charge in [0, 0.05) is 12.8 Å². The molecule has 0 aliphatic heterocycles. The van der Waals surface area contributed by atoms with Gasteiger partial charge in [0.05, 0.1) is 6.61 Å². The molecule has 8 nitrogen and oxygen atoms in total. The Morgan fingerprint density at radius 1 is 0.448 bits per heavy atom. The van der Waals surface area contributed by atoms with Crippen molar-refractivity contribution in [2.24, 2.45) is 0 Å². The zero-order chi connectivity index (χ0) is 42.5. The first-order valence-electron chi connectivity index (χ1n) is 23.2. The van der Waals surface area contributed by atoms with Crippen molar-refractivity contribution in [3.8, 4) is 0 Å². The first-order chi connectivity index (χ1) is 28.3. The van der Waals surface area contributed by atoms with E-state index in [0.29, 0.717) is 19.3 Å². The third-order valence-electron chi connectivity index (χ3n) is 9.70. The summed E-state index contributed by atoms with van der Waals surface area (Å²) in [7, 11) is -4.78. The SMILES string of the molecule is CCCCC/C=C/C/C=C/CCCCCCCCCCCC(=O)OC[C@H](COP(=O)(O)O)OC(=O)CCC/C=C/C/C=C/C/C=C/C/C=C/CCCCCCCCC. The molecule has 0 saturated heterocycles. The molecule has 0 fully saturated rings. The highest BCUT2D eigenvalue weighted by atomic mass is 31.2. The van der Waals surface area contributed by atoms with E-state index in [1.165, 1.54) is 109 Å². The van der Waals surface area contributed by atoms with Gasteiger partial charge in [0.25, 0.3) is 0 Å². The van der Waals surface area contributed by atoms with Crippen molar-refractivity contribution in [2.45, 2.75) is 213 Å². The second kappa shape index (κ2) is 44.1. The molecule has 0 radical (unpaired) electrons. The number of carbonyl (C=O) groups is 2. The normalized spacial score (nSPS) is 13.1. The summed E-state index contributed by atoms with van der Waals surface area (Å²) in [5, 5.41) is 0. The highest BCUT2D eigenvalue weighted by Gasteiger charge is 2.22. The molecule has 0 heterocycles. The van der Waals surface area contributed by atoms with Gasteiger partial charge in [0.15, 0.2) is 6.10 Å². The van der Waals surface area contributed by atoms with Crippen LogP contribution < -0.4 is 0 Å². The van der Waals surface area contributed by atoms with Gasteiger partial charge in [-0.25, -0.2) is 4.57 Å². The molecule has 2 N–H and O–H groups in total. The van der Waals surface area contributed by atoms with Crippen LogP contribution in [0.15, 0.2) is 72.9 Å². The predicted molar refractivity (Wildman–Crippen MR) is 244 cm³/mol. The first kappa shape index (κ1) is 55.5. The third-order valence-corrected chi connectivity index (χ3v) is 10.2. The van der Waals surface area contributed by atoms with Crippen LogP contribution in [-0.2, 0) is 28.2 Å². The molecule has 0 bridgehead atoms. The number of hydrogen-bond donors (Lipinski definition) is 2. The largest absolute Gasteiger partial charge is 0.469 e. The minimum Gasteiger partial charge on any atom is -0.462 e. The molecule has 0 unspecified atom stereocenters. The summed E-state index contributed by atoms with van der Waals surface area (Å²) < 4.78 is 26.4. The van der Waals surface area contributed by atoms with Crippen molar-refractivity contribution in [1.82, 2.24) is 0 Å². The Morgan fingerprint density at radius 2 is 0.793 bits per heavy atom. The molecule has 0 amide bonds. The van der Waals surface area contributed by atoms with Gasteiger partial charge >= 0.3 is 19.8 Å². The summed E-state index contributed by atoms with van der Waals surface area (Å²) in [6.45, 7) is 3.62. The lowest BCUT2D eigenvalue weighted by atomic mass is 10.1. The molecule has 0 rings (SSSR count). The van der Waals surface area contributed by atoms with Gasteiger partial charge < -0.3 is 19.3 Å². The second-order valence-corrected chi connectivity index (χ2v) is 16.6. The van der Waals surface area contributed by atoms with Crippen LogP contribution in [0.25, 0.3) is 0 Å². The van der Waals surface area contributed by atoms with E-state index < -0.39 is 32.5 Å². The van der Waals surface area contributed by atoms with Crippen LogP contribution in [0.3, 0.4) is 0 Å². The lowest BCUT2D eigenvalue weighted by Crippen LogP contribution is -2.29. The van der Waals surface area contributed by atoms with Crippen molar-refractivity contribution in [1.29, 1.82) is 0 Å². The van der Waals surface area contributed by atoms with Crippen molar-refractivity contribution in [2.75, 3.05) is 13.2 Å². The van der Waals surface area contributed by atoms with Gasteiger partial charge in [-0.2, -0.15) is 0 Å². The number of ether oxygens (including phenoxy) is 2. The van der Waals surface area contributed by atoms with Crippen molar-refractivity contribution >= 4 is 19.8 Å². The maximum Gasteiger partial charge on any atom is 0.469 e. The van der Waals surface area contributed by atoms with Gasteiger partial charge in [-0.15, -0.1) is 0 Å². The molecule has 0 aromatic rings. The molecule has 58 heavy (non-hydrogen) atoms. The Bertz CT molecular complexity index is 1170. The number of rotatable bonds is 42. The van der Waals surface area contributed by atoms with Crippen LogP contribution in [0.4, 0.5) is 0 Å². The number of hydrogen-bond acceptors (Lipinski definition) is 6. The van der Waals surface area contributed by atoms with Crippen LogP contribution in [0.2, 0.25) is 0 Å². The number of esters is 2. The molecule has 334 valence electrons. The summed E-state index contributed by atoms with van der Waals surface area (Å²) in [6, 6.07) is 0. The van der Waals surface area contributed by atoms with Gasteiger partial charge in [-0.3, -0.25) is 14.1 Å². The Hall–Kier alpha value is -2.51. The van der Waals surface area contributed by atoms with Crippen molar-refractivity contribution < 1.29 is 37.9 Å². The van der Waals surface area contributed by atoms with Crippen LogP contribution in [0, 0.1) is 0 Å². The van der Waals surface area contributed by atoms with Gasteiger partial charge in [0.2, 0.25) is 0 Å². The Balaban J connectivity index is 3.99. The maximum atomic E-state index is 12.4. The molecule has 0 saturated carbocycles. The number of phosphoric ester groups is 1. The number of allylic oxidation sites excluding steroid dienone is 12. The number of carbonyl (C=O) groups excluding carboxylic acids is 2. The van der Waals surface area contributed by atoms with E-state index in [-0.39, 0.29) is 19.4 Å². The minimum atomic E-state index is -4.78. The third kappa shape index (κ3) is 46.2. The Labute approximate surface area is 355 Å². The Kier molecular flexibility index (Phi) is 42.1. The summed E-state index contributed by atoms with van der Waals surface area (Å²) in [6.07, 6.45) is 57.7. The summed E-state index contributed by atoms with van der Waals surface area (Å²) >= 11 is 0. The van der Waals surface area contributed by atoms with Crippen molar-refractivity contribution in [3.05, 3.63) is 72.9 Å². The fraction of sp³-hybridized carbons (Fsp3) is 0.714. The molecular weight excluding hydrogens is 748 g/mol. The average Bonchev–Trinajstić information content (AvgIpc) is 3.20. The maximum absolute atomic E-state index is 12.4. The summed E-state index contributed by atoms with van der Waals surface area (Å²) in [4.78, 5) is 43.0. The second-order valence-electron chi connectivity index (χ2n) is 15.4. The summed E-state index contributed by atoms with van der Waals surface area (Å²) in [5.74, 6) is -0.956. The fourth-order valence-corrected chi connectivity index (χ4v) is 6.58. The van der Waals surface area contributed by atoms with Gasteiger partial charge in [-0.05, 0) is 83.5 Å². The number of unbranched alkanes of at least 4 members (excludes halogenated alkanes) is 20. The van der Waals surface area contributed by atoms with Crippen LogP contribution in [0.5, 0.6) is 0 Å². The monoisotopic (exact) mass is 833 g/mol. The molecule has 0 aliphatic rings. The van der Waals surface area contributed by atoms with Crippen LogP contribution in [0.1, 0.15) is 206 Å². The molecule has 0 aliphatic carbocycles. The molecule has 9 heteroatoms. The molecular formula is C49H85O8P. The highest BCUT2D eigenvalue weighted by Crippen LogP contribution is 2.36. The lowest BCUT2D eigenvalue weighted by Gasteiger charge is -2.18. The highest BCUT2D eigenvalue weighted by molar-refractivity contribution is 7.46. The standard InChI is InChI=1S/C49H85O8P/c1-3-5-7-9-11-13-15-17-19-21-23-24-26-28-30-32-34-36-38-40-42-44-49(51)57-47(46-56-58(52,53)54)45-55-48(50)43-41-39-37-35-33-31-29-27-25-22-20-18-16-14-12-10-8-6-4-2/h12,14,18-21,24,26,30,32,36,38,47H,3-11,13,15-17,22-23,25,27-29,31,33-35,37,39-46H2,1-2H3,(H2,52,53,54)/b14-12+,20-18+,21-19+,26-24+,32-30+,38-36+/t47-/m1/s1. The topological polar surface area (TPSA) is 119 Å². The van der Waals surface area contributed by atoms with E-state index in [1.807, 2.05) is 6.08 Å². The minimum absolute atomic E-state index is 0.132. The zero-order valence-corrected chi connectivity index (χ0v) is 37.8. The molecule has 0 aromatic carbocycles. The summed E-state index contributed by atoms with van der Waals surface area (Å²) in [5.41, 5.74) is 0. The van der Waals surface area contributed by atoms with Crippen LogP contribution in [-0.4, -0.2) is 41.0 Å². The first-order valence-corrected chi connectivity index (χ1v) is 24.8. The average molecular weight is 833 g/mol. The van der Waals surface area contributed by atoms with E-state index in [0.717, 1.165) is 51.4 Å². The smallest absolute Gasteiger partial charge is 0.462 e. The fourth-order valence-electron chi connectivity index (χ4n) is 6.22. The molecule has 0 spiro atoms. The van der Waals surface area contributed by atoms with E-state index in [2.05, 4.69) is 85.2 Å². The zero-order valence-electron chi connectivity index (χ0n) is 36.9. The van der Waals surface area contributed by atoms with E-state index in [9.17, 15) is 14.2 Å². The van der Waals surface area contributed by atoms with E-state index in [4.69, 9.17) is 19.3 Å². The Morgan fingerprint density at radius 3 is 1.24 bits per heavy atom.